The van der Waals surface area contributed by atoms with Gasteiger partial charge in [0.2, 0.25) is 5.88 Å². The smallest absolute Gasteiger partial charge is 0.410 e. The molecule has 0 radical (unpaired) electrons. The van der Waals surface area contributed by atoms with Crippen LogP contribution in [0.25, 0.3) is 5.82 Å². The summed E-state index contributed by atoms with van der Waals surface area (Å²) in [6, 6.07) is 9.30. The molecule has 2 spiro atoms. The van der Waals surface area contributed by atoms with Crippen LogP contribution in [0.3, 0.4) is 0 Å². The molecule has 0 unspecified atom stereocenters. The van der Waals surface area contributed by atoms with Crippen molar-refractivity contribution in [2.75, 3.05) is 19.7 Å². The lowest BCUT2D eigenvalue weighted by Gasteiger charge is -2.33. The third-order valence-electron chi connectivity index (χ3n) is 11.2. The summed E-state index contributed by atoms with van der Waals surface area (Å²) < 4.78 is 41.4. The molecule has 3 aliphatic carbocycles. The van der Waals surface area contributed by atoms with Crippen molar-refractivity contribution in [3.05, 3.63) is 59.0 Å². The minimum absolute atomic E-state index is 0.108. The van der Waals surface area contributed by atoms with E-state index < -0.39 is 21.5 Å². The lowest BCUT2D eigenvalue weighted by Crippen LogP contribution is -2.45. The molecule has 2 N–H and O–H groups in total. The van der Waals surface area contributed by atoms with E-state index in [0.717, 1.165) is 25.2 Å². The van der Waals surface area contributed by atoms with Crippen LogP contribution in [-0.2, 0) is 21.3 Å². The highest BCUT2D eigenvalue weighted by Gasteiger charge is 2.85. The number of nitrogens with one attached hydrogen (secondary N) is 2. The van der Waals surface area contributed by atoms with E-state index in [1.165, 1.54) is 48.6 Å². The fourth-order valence-electron chi connectivity index (χ4n) is 8.55. The summed E-state index contributed by atoms with van der Waals surface area (Å²) in [6.07, 6.45) is 9.63. The van der Waals surface area contributed by atoms with Crippen LogP contribution in [0.5, 0.6) is 5.88 Å². The Labute approximate surface area is 310 Å². The third-order valence-corrected chi connectivity index (χ3v) is 12.8. The number of carbonyl (C=O) groups excluding carboxylic acids is 2. The van der Waals surface area contributed by atoms with E-state index in [4.69, 9.17) is 21.1 Å². The molecule has 1 saturated heterocycles. The van der Waals surface area contributed by atoms with E-state index in [2.05, 4.69) is 25.1 Å². The number of fused-ring (bicyclic) bond motifs is 1. The van der Waals surface area contributed by atoms with Crippen LogP contribution in [0, 0.1) is 22.7 Å². The monoisotopic (exact) mass is 753 g/mol. The molecule has 3 saturated carbocycles. The third kappa shape index (κ3) is 7.38. The fourth-order valence-corrected chi connectivity index (χ4v) is 9.74. The summed E-state index contributed by atoms with van der Waals surface area (Å²) >= 11 is 6.37. The summed E-state index contributed by atoms with van der Waals surface area (Å²) in [5.74, 6) is 0.998. The zero-order valence-corrected chi connectivity index (χ0v) is 32.0. The molecule has 15 heteroatoms. The molecule has 13 nitrogen and oxygen atoms in total. The van der Waals surface area contributed by atoms with Crippen molar-refractivity contribution < 1.29 is 27.5 Å². The SMILES string of the molecule is CC(C)(C)OC(=O)N1C[C@@H](CCNCc2cccc(S(=O)(=O)NC(=O)c3ccc(-n4ccc(OCCC5C6(CC6)C56CC6)n4)nc3Cl)n2)CC1(C)C. The molecule has 0 bridgehead atoms. The molecular weight excluding hydrogens is 706 g/mol. The number of likely N-dealkylation sites (tertiary alicyclic amines) is 1. The zero-order chi connectivity index (χ0) is 37.1. The maximum atomic E-state index is 13.2. The number of ether oxygens (including phenoxy) is 2. The normalized spacial score (nSPS) is 21.0. The first-order valence-corrected chi connectivity index (χ1v) is 20.0. The Balaban J connectivity index is 0.883. The van der Waals surface area contributed by atoms with Gasteiger partial charge in [-0.2, -0.15) is 8.42 Å². The van der Waals surface area contributed by atoms with Gasteiger partial charge < -0.3 is 19.7 Å². The predicted molar refractivity (Wildman–Crippen MR) is 194 cm³/mol. The van der Waals surface area contributed by atoms with Crippen LogP contribution in [0.1, 0.15) is 95.6 Å². The number of amides is 2. The highest BCUT2D eigenvalue weighted by molar-refractivity contribution is 7.90. The Morgan fingerprint density at radius 1 is 1.02 bits per heavy atom. The number of rotatable bonds is 13. The Morgan fingerprint density at radius 3 is 2.42 bits per heavy atom. The quantitative estimate of drug-likeness (QED) is 0.159. The van der Waals surface area contributed by atoms with Crippen molar-refractivity contribution in [1.82, 2.24) is 34.7 Å². The average molecular weight is 754 g/mol. The molecule has 3 aromatic rings. The molecule has 4 fully saturated rings. The highest BCUT2D eigenvalue weighted by atomic mass is 35.5. The minimum Gasteiger partial charge on any atom is -0.477 e. The first-order valence-electron chi connectivity index (χ1n) is 18.1. The van der Waals surface area contributed by atoms with Crippen LogP contribution < -0.4 is 14.8 Å². The first-order chi connectivity index (χ1) is 24.5. The Morgan fingerprint density at radius 2 is 1.75 bits per heavy atom. The van der Waals surface area contributed by atoms with Gasteiger partial charge in [0.15, 0.2) is 10.8 Å². The number of halogens is 1. The van der Waals surface area contributed by atoms with Crippen molar-refractivity contribution in [3.63, 3.8) is 0 Å². The predicted octanol–water partition coefficient (Wildman–Crippen LogP) is 5.91. The van der Waals surface area contributed by atoms with Crippen LogP contribution in [0.4, 0.5) is 4.79 Å². The molecule has 1 aliphatic heterocycles. The average Bonchev–Trinajstić information content (AvgIpc) is 4.01. The Bertz CT molecular complexity index is 1950. The summed E-state index contributed by atoms with van der Waals surface area (Å²) in [5.41, 5.74) is 0.810. The van der Waals surface area contributed by atoms with Crippen LogP contribution in [-0.4, -0.2) is 75.9 Å². The number of pyridine rings is 2. The van der Waals surface area contributed by atoms with Gasteiger partial charge in [0.25, 0.3) is 15.9 Å². The number of aromatic nitrogens is 4. The summed E-state index contributed by atoms with van der Waals surface area (Å²) in [6.45, 7) is 11.9. The van der Waals surface area contributed by atoms with E-state index in [0.29, 0.717) is 54.5 Å². The maximum Gasteiger partial charge on any atom is 0.410 e. The van der Waals surface area contributed by atoms with Gasteiger partial charge in [0.1, 0.15) is 10.8 Å². The lowest BCUT2D eigenvalue weighted by molar-refractivity contribution is 0.0130. The molecule has 52 heavy (non-hydrogen) atoms. The molecule has 280 valence electrons. The summed E-state index contributed by atoms with van der Waals surface area (Å²) in [5, 5.41) is 7.29. The van der Waals surface area contributed by atoms with Crippen molar-refractivity contribution in [3.8, 4) is 11.7 Å². The van der Waals surface area contributed by atoms with Gasteiger partial charge >= 0.3 is 6.09 Å². The topological polar surface area (TPSA) is 158 Å². The molecular formula is C37H48ClN7O6S. The molecule has 3 aromatic heterocycles. The largest absolute Gasteiger partial charge is 0.477 e. The molecule has 2 amide bonds. The molecule has 0 aromatic carbocycles. The van der Waals surface area contributed by atoms with E-state index in [1.807, 2.05) is 34.6 Å². The molecule has 1 atom stereocenters. The number of nitrogens with zero attached hydrogens (tertiary/aromatic N) is 5. The Kier molecular flexibility index (Phi) is 9.35. The number of hydrogen-bond acceptors (Lipinski definition) is 10. The number of sulfonamides is 1. The second kappa shape index (κ2) is 13.3. The van der Waals surface area contributed by atoms with Crippen LogP contribution >= 0.6 is 11.6 Å². The van der Waals surface area contributed by atoms with Gasteiger partial charge in [0.05, 0.1) is 17.9 Å². The lowest BCUT2D eigenvalue weighted by atomic mass is 9.94. The zero-order valence-electron chi connectivity index (χ0n) is 30.4. The van der Waals surface area contributed by atoms with Gasteiger partial charge in [-0.25, -0.2) is 24.2 Å². The second-order valence-electron chi connectivity index (χ2n) is 16.4. The van der Waals surface area contributed by atoms with Crippen LogP contribution in [0.15, 0.2) is 47.6 Å². The van der Waals surface area contributed by atoms with Crippen LogP contribution in [0.2, 0.25) is 5.15 Å². The fraction of sp³-hybridized carbons (Fsp3) is 0.595. The molecule has 4 aliphatic rings. The first kappa shape index (κ1) is 36.6. The van der Waals surface area contributed by atoms with Gasteiger partial charge in [-0.15, -0.1) is 5.10 Å². The van der Waals surface area contributed by atoms with E-state index in [1.54, 1.807) is 29.3 Å². The van der Waals surface area contributed by atoms with Gasteiger partial charge in [-0.05, 0) is 133 Å². The molecule has 4 heterocycles. The van der Waals surface area contributed by atoms with E-state index in [9.17, 15) is 18.0 Å². The standard InChI is InChI=1S/C37H48ClN7O6S/c1-34(2,3)51-33(47)44-23-24(21-35(44,4)5)11-18-39-22-25-7-6-8-30(40-25)52(48,49)43-32(46)26-9-10-28(41-31(26)38)45-19-12-29(42-45)50-20-13-27-36(14-15-36)37(27)16-17-37/h6-10,12,19,24,27,39H,11,13-18,20-23H2,1-5H3,(H,43,46)/t24-/m0/s1. The van der Waals surface area contributed by atoms with Crippen molar-refractivity contribution in [2.24, 2.45) is 22.7 Å². The van der Waals surface area contributed by atoms with Crippen molar-refractivity contribution in [1.29, 1.82) is 0 Å². The maximum absolute atomic E-state index is 13.2. The summed E-state index contributed by atoms with van der Waals surface area (Å²) in [4.78, 5) is 36.2. The Hall–Kier alpha value is -3.75. The highest BCUT2D eigenvalue weighted by Crippen LogP contribution is 2.93. The van der Waals surface area contributed by atoms with Crippen molar-refractivity contribution >= 4 is 33.6 Å². The van der Waals surface area contributed by atoms with Crippen molar-refractivity contribution in [2.45, 2.75) is 102 Å². The van der Waals surface area contributed by atoms with Gasteiger partial charge in [0, 0.05) is 30.9 Å². The minimum atomic E-state index is -4.32. The van der Waals surface area contributed by atoms with E-state index in [-0.39, 0.29) is 33.3 Å². The van der Waals surface area contributed by atoms with Gasteiger partial charge in [-0.1, -0.05) is 17.7 Å². The van der Waals surface area contributed by atoms with E-state index >= 15 is 0 Å². The van der Waals surface area contributed by atoms with Gasteiger partial charge in [-0.3, -0.25) is 4.79 Å². The molecule has 7 rings (SSSR count). The summed E-state index contributed by atoms with van der Waals surface area (Å²) in [7, 11) is -4.32. The second-order valence-corrected chi connectivity index (χ2v) is 18.4. The number of carbonyl (C=O) groups is 2. The number of hydrogen-bond donors (Lipinski definition) is 2.